The first-order chi connectivity index (χ1) is 45.2. The van der Waals surface area contributed by atoms with E-state index in [1.807, 2.05) is 0 Å². The van der Waals surface area contributed by atoms with Crippen LogP contribution in [0.1, 0.15) is 162 Å². The minimum absolute atomic E-state index is 0.762. The van der Waals surface area contributed by atoms with Gasteiger partial charge in [-0.3, -0.25) is 0 Å². The van der Waals surface area contributed by atoms with E-state index in [2.05, 4.69) is 334 Å². The summed E-state index contributed by atoms with van der Waals surface area (Å²) in [7, 11) is 0. The molecule has 0 bridgehead atoms. The van der Waals surface area contributed by atoms with Gasteiger partial charge in [-0.25, -0.2) is 0 Å². The van der Waals surface area contributed by atoms with Crippen molar-refractivity contribution >= 4 is 34.1 Å². The van der Waals surface area contributed by atoms with Crippen LogP contribution in [0.25, 0.3) is 11.1 Å². The van der Waals surface area contributed by atoms with E-state index in [1.54, 1.807) is 0 Å². The molecule has 93 heavy (non-hydrogen) atoms. The summed E-state index contributed by atoms with van der Waals surface area (Å²) in [6.07, 6.45) is 6.74. The number of aryl methyl sites for hydroxylation is 10. The molecule has 0 N–H and O–H groups in total. The molecule has 0 saturated carbocycles. The summed E-state index contributed by atoms with van der Waals surface area (Å²) in [4.78, 5) is 5.25. The van der Waals surface area contributed by atoms with E-state index in [9.17, 15) is 0 Å². The molecule has 0 fully saturated rings. The second kappa shape index (κ2) is 23.4. The van der Waals surface area contributed by atoms with E-state index in [0.717, 1.165) is 49.9 Å². The molecule has 1 aliphatic carbocycles. The molecule has 2 heterocycles. The van der Waals surface area contributed by atoms with Crippen molar-refractivity contribution < 1.29 is 0 Å². The van der Waals surface area contributed by atoms with Gasteiger partial charge in [0, 0.05) is 11.4 Å². The molecule has 0 saturated heterocycles. The lowest BCUT2D eigenvalue weighted by molar-refractivity contribution is 0.721. The molecule has 2 heteroatoms. The van der Waals surface area contributed by atoms with Gasteiger partial charge in [0.15, 0.2) is 0 Å². The van der Waals surface area contributed by atoms with E-state index in [0.29, 0.717) is 0 Å². The first kappa shape index (κ1) is 59.5. The maximum Gasteiger partial charge on any atom is 0.0742 e. The molecule has 3 aliphatic rings. The van der Waals surface area contributed by atoms with E-state index in [-0.39, 0.29) is 0 Å². The maximum absolute atomic E-state index is 2.70. The van der Waals surface area contributed by atoms with Gasteiger partial charge in [-0.05, 0) is 231 Å². The van der Waals surface area contributed by atoms with E-state index in [4.69, 9.17) is 0 Å². The van der Waals surface area contributed by atoms with Gasteiger partial charge in [-0.1, -0.05) is 265 Å². The van der Waals surface area contributed by atoms with E-state index in [1.165, 1.54) is 156 Å². The van der Waals surface area contributed by atoms with Crippen LogP contribution in [-0.2, 0) is 29.1 Å². The summed E-state index contributed by atoms with van der Waals surface area (Å²) >= 11 is 0. The molecule has 0 radical (unpaired) electrons. The molecule has 0 amide bonds. The van der Waals surface area contributed by atoms with Crippen molar-refractivity contribution in [1.82, 2.24) is 0 Å². The predicted molar refractivity (Wildman–Crippen MR) is 392 cm³/mol. The van der Waals surface area contributed by atoms with Crippen molar-refractivity contribution in [3.63, 3.8) is 0 Å². The first-order valence-corrected chi connectivity index (χ1v) is 34.1. The average molecular weight is 1210 g/mol. The third-order valence-corrected chi connectivity index (χ3v) is 21.2. The van der Waals surface area contributed by atoms with Gasteiger partial charge in [0.25, 0.3) is 0 Å². The van der Waals surface area contributed by atoms with Crippen LogP contribution >= 0.6 is 0 Å². The Labute approximate surface area is 552 Å². The molecule has 2 nitrogen and oxygen atoms in total. The standard InChI is InChI=1S/C91H84N2/c1-11-13-15-67-31-47-75(48-32-67)92-85-51-29-65(9)53-81(85)90(71-39-21-61(5)22-40-71,72-41-23-62(6)24-42-72)83-55-77-78-56-84-88(58-80(78)89(79(77)57-87(83)92,69-35-17-59(3)18-36-69)70-37-19-60(4)20-38-70)93(76-49-33-68(34-50-76)16-14-12-2)86-52-30-66(10)54-82(86)91(84,73-43-25-63(7)26-44-73)74-45-27-64(8)28-46-74/h17-58H,11-16H2,1-10H3. The Balaban J connectivity index is 1.16. The van der Waals surface area contributed by atoms with E-state index < -0.39 is 16.2 Å². The van der Waals surface area contributed by atoms with E-state index >= 15 is 0 Å². The van der Waals surface area contributed by atoms with Crippen molar-refractivity contribution in [3.05, 3.63) is 377 Å². The number of benzene rings is 12. The van der Waals surface area contributed by atoms with Gasteiger partial charge in [0.1, 0.15) is 0 Å². The molecule has 458 valence electrons. The quantitative estimate of drug-likeness (QED) is 0.107. The fourth-order valence-corrected chi connectivity index (χ4v) is 16.3. The number of hydrogen-bond acceptors (Lipinski definition) is 2. The number of anilines is 6. The fourth-order valence-electron chi connectivity index (χ4n) is 16.3. The Morgan fingerprint density at radius 2 is 0.484 bits per heavy atom. The minimum atomic E-state index is -0.810. The number of fused-ring (bicyclic) bond motifs is 7. The van der Waals surface area contributed by atoms with Gasteiger partial charge in [0.05, 0.1) is 39.0 Å². The lowest BCUT2D eigenvalue weighted by atomic mass is 9.60. The Bertz CT molecular complexity index is 4380. The molecule has 0 spiro atoms. The minimum Gasteiger partial charge on any atom is -0.310 e. The summed E-state index contributed by atoms with van der Waals surface area (Å²) in [6.45, 7) is 22.5. The van der Waals surface area contributed by atoms with Crippen LogP contribution in [0.4, 0.5) is 34.1 Å². The Morgan fingerprint density at radius 1 is 0.237 bits per heavy atom. The molecule has 15 rings (SSSR count). The average Bonchev–Trinajstić information content (AvgIpc) is 1.62. The van der Waals surface area contributed by atoms with Crippen LogP contribution in [0.3, 0.4) is 0 Å². The summed E-state index contributed by atoms with van der Waals surface area (Å²) in [5, 5.41) is 0. The van der Waals surface area contributed by atoms with Crippen molar-refractivity contribution in [2.45, 2.75) is 124 Å². The largest absolute Gasteiger partial charge is 0.310 e. The zero-order valence-corrected chi connectivity index (χ0v) is 55.9. The highest BCUT2D eigenvalue weighted by Crippen LogP contribution is 2.67. The molecule has 0 unspecified atom stereocenters. The fraction of sp³-hybridized carbons (Fsp3) is 0.209. The van der Waals surface area contributed by atoms with Gasteiger partial charge >= 0.3 is 0 Å². The third-order valence-electron chi connectivity index (χ3n) is 21.2. The summed E-state index contributed by atoms with van der Waals surface area (Å²) in [5.74, 6) is 0. The summed E-state index contributed by atoms with van der Waals surface area (Å²) in [6, 6.07) is 101. The molecule has 12 aromatic rings. The zero-order valence-electron chi connectivity index (χ0n) is 55.9. The zero-order chi connectivity index (χ0) is 63.9. The van der Waals surface area contributed by atoms with Crippen molar-refractivity contribution in [2.75, 3.05) is 9.80 Å². The highest BCUT2D eigenvalue weighted by Gasteiger charge is 2.55. The van der Waals surface area contributed by atoms with Crippen LogP contribution in [0.15, 0.2) is 255 Å². The molecule has 0 atom stereocenters. The van der Waals surface area contributed by atoms with Gasteiger partial charge in [0.2, 0.25) is 0 Å². The second-order valence-corrected chi connectivity index (χ2v) is 27.5. The van der Waals surface area contributed by atoms with Crippen LogP contribution < -0.4 is 9.80 Å². The number of nitrogens with zero attached hydrogens (tertiary/aromatic N) is 2. The van der Waals surface area contributed by atoms with Crippen LogP contribution in [0.5, 0.6) is 0 Å². The Kier molecular flexibility index (Phi) is 15.0. The normalized spacial score (nSPS) is 14.4. The summed E-state index contributed by atoms with van der Waals surface area (Å²) < 4.78 is 0. The summed E-state index contributed by atoms with van der Waals surface area (Å²) in [5.41, 5.74) is 34.8. The highest BCUT2D eigenvalue weighted by molar-refractivity contribution is 5.99. The smallest absolute Gasteiger partial charge is 0.0742 e. The maximum atomic E-state index is 2.70. The highest BCUT2D eigenvalue weighted by atomic mass is 15.2. The topological polar surface area (TPSA) is 6.48 Å². The SMILES string of the molecule is CCCCc1ccc(N2c3ccc(C)cc3C(c3ccc(C)cc3)(c3ccc(C)cc3)c3cc4c(cc32)C(c2ccc(C)cc2)(c2ccc(C)cc2)c2cc3c(cc2-4)C(c2ccc(C)cc2)(c2ccc(C)cc2)c2cc(C)ccc2N3c2ccc(CCCC)cc2)cc1. The Hall–Kier alpha value is -9.76. The molecular formula is C91H84N2. The monoisotopic (exact) mass is 1200 g/mol. The second-order valence-electron chi connectivity index (χ2n) is 27.5. The lowest BCUT2D eigenvalue weighted by Gasteiger charge is -2.47. The predicted octanol–water partition coefficient (Wildman–Crippen LogP) is 23.5. The van der Waals surface area contributed by atoms with Crippen molar-refractivity contribution in [1.29, 1.82) is 0 Å². The molecule has 2 aliphatic heterocycles. The van der Waals surface area contributed by atoms with Crippen molar-refractivity contribution in [2.24, 2.45) is 0 Å². The molecular weight excluding hydrogens is 1120 g/mol. The van der Waals surface area contributed by atoms with Gasteiger partial charge < -0.3 is 9.80 Å². The van der Waals surface area contributed by atoms with Crippen LogP contribution in [-0.4, -0.2) is 0 Å². The first-order valence-electron chi connectivity index (χ1n) is 34.1. The number of hydrogen-bond donors (Lipinski definition) is 0. The number of unbranched alkanes of at least 4 members (excludes halogenated alkanes) is 2. The van der Waals surface area contributed by atoms with Crippen molar-refractivity contribution in [3.8, 4) is 11.1 Å². The molecule has 12 aromatic carbocycles. The number of rotatable bonds is 14. The van der Waals surface area contributed by atoms with Crippen LogP contribution in [0.2, 0.25) is 0 Å². The lowest BCUT2D eigenvalue weighted by Crippen LogP contribution is -2.38. The molecule has 0 aromatic heterocycles. The van der Waals surface area contributed by atoms with Gasteiger partial charge in [-0.2, -0.15) is 0 Å². The third kappa shape index (κ3) is 9.49. The van der Waals surface area contributed by atoms with Crippen LogP contribution in [0, 0.1) is 55.4 Å². The Morgan fingerprint density at radius 3 is 0.753 bits per heavy atom. The van der Waals surface area contributed by atoms with Gasteiger partial charge in [-0.15, -0.1) is 0 Å².